The van der Waals surface area contributed by atoms with E-state index in [1.165, 1.54) is 0 Å². The van der Waals surface area contributed by atoms with E-state index in [0.717, 1.165) is 17.4 Å². The molecule has 0 bridgehead atoms. The van der Waals surface area contributed by atoms with Gasteiger partial charge in [-0.25, -0.2) is 4.98 Å². The fourth-order valence-electron chi connectivity index (χ4n) is 1.25. The molecule has 1 heterocycles. The van der Waals surface area contributed by atoms with E-state index in [1.807, 2.05) is 0 Å². The molecule has 0 atom stereocenters. The lowest BCUT2D eigenvalue weighted by Gasteiger charge is -2.08. The molecule has 0 aliphatic carbocycles. The summed E-state index contributed by atoms with van der Waals surface area (Å²) in [5.74, 6) is 0. The van der Waals surface area contributed by atoms with Gasteiger partial charge in [-0.15, -0.1) is 0 Å². The van der Waals surface area contributed by atoms with Gasteiger partial charge in [-0.3, -0.25) is 0 Å². The maximum Gasteiger partial charge on any atom is 0.418 e. The molecule has 0 saturated heterocycles. The van der Waals surface area contributed by atoms with Crippen molar-refractivity contribution in [3.8, 4) is 0 Å². The number of nitrogen functional groups attached to an aromatic ring is 1. The molecule has 0 radical (unpaired) electrons. The zero-order valence-corrected chi connectivity index (χ0v) is 10.6. The largest absolute Gasteiger partial charge is 0.418 e. The van der Waals surface area contributed by atoms with Crippen LogP contribution in [0.15, 0.2) is 10.5 Å². The zero-order valence-electron chi connectivity index (χ0n) is 7.40. The average Bonchev–Trinajstić information content (AvgIpc) is 2.51. The first-order chi connectivity index (χ1) is 7.30. The van der Waals surface area contributed by atoms with Crippen LogP contribution in [0.2, 0.25) is 5.02 Å². The van der Waals surface area contributed by atoms with Crippen molar-refractivity contribution in [1.82, 2.24) is 4.98 Å². The highest BCUT2D eigenvalue weighted by Crippen LogP contribution is 2.43. The molecule has 0 aliphatic heterocycles. The third-order valence-electron chi connectivity index (χ3n) is 1.88. The highest BCUT2D eigenvalue weighted by molar-refractivity contribution is 9.10. The van der Waals surface area contributed by atoms with Crippen LogP contribution < -0.4 is 5.73 Å². The first kappa shape index (κ1) is 11.9. The molecule has 1 aromatic heterocycles. The van der Waals surface area contributed by atoms with Crippen LogP contribution in [0.3, 0.4) is 0 Å². The van der Waals surface area contributed by atoms with E-state index in [-0.39, 0.29) is 24.8 Å². The first-order valence-electron chi connectivity index (χ1n) is 3.92. The predicted molar refractivity (Wildman–Crippen MR) is 61.7 cm³/mol. The van der Waals surface area contributed by atoms with E-state index >= 15 is 0 Å². The smallest absolute Gasteiger partial charge is 0.375 e. The summed E-state index contributed by atoms with van der Waals surface area (Å²) in [6.45, 7) is 0. The third-order valence-corrected chi connectivity index (χ3v) is 4.14. The van der Waals surface area contributed by atoms with Crippen LogP contribution in [0.4, 0.5) is 18.3 Å². The fraction of sp³-hybridized carbons (Fsp3) is 0.125. The second-order valence-corrected chi connectivity index (χ2v) is 5.21. The van der Waals surface area contributed by atoms with Crippen molar-refractivity contribution in [3.05, 3.63) is 21.1 Å². The zero-order chi connectivity index (χ0) is 12.1. The van der Waals surface area contributed by atoms with Gasteiger partial charge in [-0.2, -0.15) is 13.2 Å². The van der Waals surface area contributed by atoms with Crippen molar-refractivity contribution in [3.63, 3.8) is 0 Å². The first-order valence-corrected chi connectivity index (χ1v) is 5.90. The molecule has 0 unspecified atom stereocenters. The molecule has 16 heavy (non-hydrogen) atoms. The summed E-state index contributed by atoms with van der Waals surface area (Å²) in [6, 6.07) is 0.907. The summed E-state index contributed by atoms with van der Waals surface area (Å²) >= 11 is 9.76. The van der Waals surface area contributed by atoms with Gasteiger partial charge in [0.2, 0.25) is 0 Å². The topological polar surface area (TPSA) is 38.9 Å². The highest BCUT2D eigenvalue weighted by Gasteiger charge is 2.35. The van der Waals surface area contributed by atoms with Gasteiger partial charge >= 0.3 is 6.18 Å². The van der Waals surface area contributed by atoms with Crippen molar-refractivity contribution < 1.29 is 13.2 Å². The van der Waals surface area contributed by atoms with E-state index < -0.39 is 11.7 Å². The lowest BCUT2D eigenvalue weighted by Crippen LogP contribution is -2.06. The van der Waals surface area contributed by atoms with Crippen LogP contribution in [0.25, 0.3) is 10.2 Å². The van der Waals surface area contributed by atoms with E-state index in [0.29, 0.717) is 0 Å². The van der Waals surface area contributed by atoms with Gasteiger partial charge < -0.3 is 5.73 Å². The Morgan fingerprint density at radius 1 is 1.44 bits per heavy atom. The molecule has 0 fully saturated rings. The number of thiazole rings is 1. The number of nitrogens with zero attached hydrogens (tertiary/aromatic N) is 1. The Bertz CT molecular complexity index is 566. The molecule has 2 aromatic rings. The lowest BCUT2D eigenvalue weighted by atomic mass is 10.2. The Morgan fingerprint density at radius 2 is 2.06 bits per heavy atom. The molecule has 1 aromatic carbocycles. The van der Waals surface area contributed by atoms with Gasteiger partial charge in [0.15, 0.2) is 5.13 Å². The standard InChI is InChI=1S/C8H3BrClF3N2S/c9-3-1-2(8(11,12)13)5-6(4(3)10)16-7(14)15-5/h1H,(H2,14,15). The van der Waals surface area contributed by atoms with Gasteiger partial charge in [0.05, 0.1) is 20.8 Å². The normalized spacial score (nSPS) is 12.3. The summed E-state index contributed by atoms with van der Waals surface area (Å²) < 4.78 is 38.5. The molecule has 2 rings (SSSR count). The number of aromatic nitrogens is 1. The molecule has 2 nitrogen and oxygen atoms in total. The molecular formula is C8H3BrClF3N2S. The second-order valence-electron chi connectivity index (χ2n) is 2.95. The quantitative estimate of drug-likeness (QED) is 0.781. The minimum absolute atomic E-state index is 0.0560. The molecule has 86 valence electrons. The highest BCUT2D eigenvalue weighted by atomic mass is 79.9. The summed E-state index contributed by atoms with van der Waals surface area (Å²) in [7, 11) is 0. The van der Waals surface area contributed by atoms with Crippen LogP contribution in [-0.2, 0) is 6.18 Å². The number of anilines is 1. The molecule has 2 N–H and O–H groups in total. The van der Waals surface area contributed by atoms with Gasteiger partial charge in [0, 0.05) is 4.47 Å². The van der Waals surface area contributed by atoms with Crippen molar-refractivity contribution >= 4 is 54.2 Å². The molecule has 0 spiro atoms. The minimum Gasteiger partial charge on any atom is -0.375 e. The van der Waals surface area contributed by atoms with Gasteiger partial charge in [0.1, 0.15) is 0 Å². The fourth-order valence-corrected chi connectivity index (χ4v) is 2.87. The van der Waals surface area contributed by atoms with Crippen molar-refractivity contribution in [2.45, 2.75) is 6.18 Å². The van der Waals surface area contributed by atoms with Crippen molar-refractivity contribution in [2.24, 2.45) is 0 Å². The van der Waals surface area contributed by atoms with E-state index in [4.69, 9.17) is 17.3 Å². The SMILES string of the molecule is Nc1nc2c(C(F)(F)F)cc(Br)c(Cl)c2s1. The van der Waals surface area contributed by atoms with Crippen LogP contribution in [0.5, 0.6) is 0 Å². The number of alkyl halides is 3. The van der Waals surface area contributed by atoms with Gasteiger partial charge in [-0.1, -0.05) is 22.9 Å². The Labute approximate surface area is 105 Å². The number of benzene rings is 1. The number of fused-ring (bicyclic) bond motifs is 1. The minimum atomic E-state index is -4.48. The number of rotatable bonds is 0. The number of hydrogen-bond donors (Lipinski definition) is 1. The van der Waals surface area contributed by atoms with E-state index in [9.17, 15) is 13.2 Å². The molecule has 8 heteroatoms. The Morgan fingerprint density at radius 3 is 2.62 bits per heavy atom. The number of hydrogen-bond acceptors (Lipinski definition) is 3. The van der Waals surface area contributed by atoms with Gasteiger partial charge in [0.25, 0.3) is 0 Å². The summed E-state index contributed by atoms with van der Waals surface area (Å²) in [5.41, 5.74) is 4.34. The summed E-state index contributed by atoms with van der Waals surface area (Å²) in [5, 5.41) is 0.248. The number of halogens is 5. The Kier molecular flexibility index (Phi) is 2.80. The maximum absolute atomic E-state index is 12.7. The Hall–Kier alpha value is -0.530. The van der Waals surface area contributed by atoms with E-state index in [2.05, 4.69) is 20.9 Å². The Balaban J connectivity index is 2.90. The van der Waals surface area contributed by atoms with Crippen LogP contribution in [0.1, 0.15) is 5.56 Å². The van der Waals surface area contributed by atoms with Crippen LogP contribution in [0, 0.1) is 0 Å². The van der Waals surface area contributed by atoms with Crippen LogP contribution >= 0.6 is 38.9 Å². The third kappa shape index (κ3) is 1.87. The van der Waals surface area contributed by atoms with Gasteiger partial charge in [-0.05, 0) is 22.0 Å². The van der Waals surface area contributed by atoms with Crippen LogP contribution in [-0.4, -0.2) is 4.98 Å². The molecule has 0 amide bonds. The maximum atomic E-state index is 12.7. The predicted octanol–water partition coefficient (Wildman–Crippen LogP) is 4.31. The number of nitrogens with two attached hydrogens (primary N) is 1. The summed E-state index contributed by atoms with van der Waals surface area (Å²) in [6.07, 6.45) is -4.48. The second kappa shape index (κ2) is 3.75. The molecular weight excluding hydrogens is 329 g/mol. The average molecular weight is 332 g/mol. The van der Waals surface area contributed by atoms with Crippen molar-refractivity contribution in [1.29, 1.82) is 0 Å². The summed E-state index contributed by atoms with van der Waals surface area (Å²) in [4.78, 5) is 3.65. The van der Waals surface area contributed by atoms with Crippen molar-refractivity contribution in [2.75, 3.05) is 5.73 Å². The monoisotopic (exact) mass is 330 g/mol. The lowest BCUT2D eigenvalue weighted by molar-refractivity contribution is -0.136. The van der Waals surface area contributed by atoms with E-state index in [1.54, 1.807) is 0 Å². The molecule has 0 saturated carbocycles. The molecule has 0 aliphatic rings.